The van der Waals surface area contributed by atoms with E-state index in [1.165, 1.54) is 11.3 Å². The van der Waals surface area contributed by atoms with Gasteiger partial charge in [-0.1, -0.05) is 17.7 Å². The number of nitrogens with one attached hydrogen (secondary N) is 1. The lowest BCUT2D eigenvalue weighted by Gasteiger charge is -2.22. The van der Waals surface area contributed by atoms with Crippen LogP contribution in [0.3, 0.4) is 0 Å². The lowest BCUT2D eigenvalue weighted by molar-refractivity contribution is -0.122. The van der Waals surface area contributed by atoms with E-state index in [0.29, 0.717) is 17.9 Å². The fourth-order valence-corrected chi connectivity index (χ4v) is 3.62. The summed E-state index contributed by atoms with van der Waals surface area (Å²) in [5, 5.41) is 17.6. The molecule has 0 saturated carbocycles. The molecule has 2 aromatic rings. The molecule has 108 valence electrons. The highest BCUT2D eigenvalue weighted by atomic mass is 35.5. The van der Waals surface area contributed by atoms with Crippen LogP contribution < -0.4 is 5.32 Å². The minimum Gasteiger partial charge on any atom is -0.383 e. The SMILES string of the molecule is CC(O)(CNC(=O)CCc1cc(Cl)cs1)c1cccs1. The van der Waals surface area contributed by atoms with Gasteiger partial charge in [0, 0.05) is 21.6 Å². The molecule has 2 heterocycles. The zero-order valence-corrected chi connectivity index (χ0v) is 13.4. The molecule has 20 heavy (non-hydrogen) atoms. The normalized spacial score (nSPS) is 13.9. The molecule has 2 rings (SSSR count). The maximum atomic E-state index is 11.8. The van der Waals surface area contributed by atoms with Crippen LogP contribution in [0.25, 0.3) is 0 Å². The van der Waals surface area contributed by atoms with Crippen molar-refractivity contribution in [3.63, 3.8) is 0 Å². The number of aryl methyl sites for hydroxylation is 1. The molecule has 2 aromatic heterocycles. The molecule has 0 aromatic carbocycles. The largest absolute Gasteiger partial charge is 0.383 e. The van der Waals surface area contributed by atoms with Gasteiger partial charge in [0.15, 0.2) is 0 Å². The van der Waals surface area contributed by atoms with E-state index < -0.39 is 5.60 Å². The summed E-state index contributed by atoms with van der Waals surface area (Å²) in [5.74, 6) is -0.0636. The predicted molar refractivity (Wildman–Crippen MR) is 84.5 cm³/mol. The van der Waals surface area contributed by atoms with Crippen molar-refractivity contribution in [3.05, 3.63) is 43.7 Å². The van der Waals surface area contributed by atoms with Crippen molar-refractivity contribution in [1.82, 2.24) is 5.32 Å². The van der Waals surface area contributed by atoms with Crippen LogP contribution in [-0.4, -0.2) is 17.6 Å². The Kier molecular flexibility index (Phi) is 5.21. The fraction of sp³-hybridized carbons (Fsp3) is 0.357. The van der Waals surface area contributed by atoms with Gasteiger partial charge < -0.3 is 10.4 Å². The Bertz CT molecular complexity index is 564. The molecule has 0 aliphatic rings. The molecule has 0 bridgehead atoms. The number of carbonyl (C=O) groups excluding carboxylic acids is 1. The first-order valence-electron chi connectivity index (χ1n) is 6.23. The quantitative estimate of drug-likeness (QED) is 0.853. The summed E-state index contributed by atoms with van der Waals surface area (Å²) in [5.41, 5.74) is -1.02. The van der Waals surface area contributed by atoms with Crippen molar-refractivity contribution in [3.8, 4) is 0 Å². The molecule has 1 amide bonds. The molecule has 0 spiro atoms. The molecular weight excluding hydrogens is 314 g/mol. The van der Waals surface area contributed by atoms with E-state index in [9.17, 15) is 9.90 Å². The maximum absolute atomic E-state index is 11.8. The van der Waals surface area contributed by atoms with Crippen LogP contribution in [-0.2, 0) is 16.8 Å². The molecule has 0 saturated heterocycles. The summed E-state index contributed by atoms with van der Waals surface area (Å²) in [6.45, 7) is 1.93. The number of carbonyl (C=O) groups is 1. The van der Waals surface area contributed by atoms with Crippen molar-refractivity contribution in [2.75, 3.05) is 6.54 Å². The Morgan fingerprint density at radius 3 is 2.90 bits per heavy atom. The van der Waals surface area contributed by atoms with Gasteiger partial charge in [0.05, 0.1) is 11.6 Å². The summed E-state index contributed by atoms with van der Waals surface area (Å²) in [6, 6.07) is 5.63. The van der Waals surface area contributed by atoms with Gasteiger partial charge in [-0.15, -0.1) is 22.7 Å². The fourth-order valence-electron chi connectivity index (χ4n) is 1.75. The molecule has 0 aliphatic carbocycles. The summed E-state index contributed by atoms with van der Waals surface area (Å²) in [6.07, 6.45) is 1.07. The zero-order chi connectivity index (χ0) is 14.6. The smallest absolute Gasteiger partial charge is 0.220 e. The van der Waals surface area contributed by atoms with E-state index in [1.807, 2.05) is 29.0 Å². The molecule has 1 atom stereocenters. The van der Waals surface area contributed by atoms with Gasteiger partial charge in [-0.2, -0.15) is 0 Å². The predicted octanol–water partition coefficient (Wildman–Crippen LogP) is 3.42. The Morgan fingerprint density at radius 2 is 2.30 bits per heavy atom. The van der Waals surface area contributed by atoms with Gasteiger partial charge in [-0.05, 0) is 30.9 Å². The minimum absolute atomic E-state index is 0.0636. The number of hydrogen-bond donors (Lipinski definition) is 2. The number of hydrogen-bond acceptors (Lipinski definition) is 4. The third-order valence-electron chi connectivity index (χ3n) is 2.90. The van der Waals surface area contributed by atoms with Crippen molar-refractivity contribution in [2.24, 2.45) is 0 Å². The van der Waals surface area contributed by atoms with Gasteiger partial charge in [0.25, 0.3) is 0 Å². The van der Waals surface area contributed by atoms with E-state index in [4.69, 9.17) is 11.6 Å². The first kappa shape index (κ1) is 15.5. The topological polar surface area (TPSA) is 49.3 Å². The van der Waals surface area contributed by atoms with E-state index in [2.05, 4.69) is 5.32 Å². The molecule has 3 nitrogen and oxygen atoms in total. The summed E-state index contributed by atoms with van der Waals surface area (Å²) >= 11 is 8.87. The lowest BCUT2D eigenvalue weighted by atomic mass is 10.1. The highest BCUT2D eigenvalue weighted by Gasteiger charge is 2.24. The molecular formula is C14H16ClNO2S2. The standard InChI is InChI=1S/C14H16ClNO2S2/c1-14(18,12-3-2-6-19-12)9-16-13(17)5-4-11-7-10(15)8-20-11/h2-3,6-8,18H,4-5,9H2,1H3,(H,16,17). The number of thiophene rings is 2. The Labute approximate surface area is 131 Å². The van der Waals surface area contributed by atoms with Crippen molar-refractivity contribution < 1.29 is 9.90 Å². The Morgan fingerprint density at radius 1 is 1.50 bits per heavy atom. The monoisotopic (exact) mass is 329 g/mol. The highest BCUT2D eigenvalue weighted by molar-refractivity contribution is 7.10. The third kappa shape index (κ3) is 4.31. The minimum atomic E-state index is -1.02. The molecule has 0 fully saturated rings. The highest BCUT2D eigenvalue weighted by Crippen LogP contribution is 2.24. The van der Waals surface area contributed by atoms with Crippen molar-refractivity contribution in [1.29, 1.82) is 0 Å². The van der Waals surface area contributed by atoms with E-state index in [0.717, 1.165) is 9.75 Å². The summed E-state index contributed by atoms with van der Waals surface area (Å²) in [4.78, 5) is 13.7. The maximum Gasteiger partial charge on any atom is 0.220 e. The molecule has 1 unspecified atom stereocenters. The number of amides is 1. The van der Waals surface area contributed by atoms with E-state index >= 15 is 0 Å². The Balaban J connectivity index is 1.77. The second-order valence-corrected chi connectivity index (χ2v) is 7.14. The average Bonchev–Trinajstić information content (AvgIpc) is 3.05. The number of halogens is 1. The third-order valence-corrected chi connectivity index (χ3v) is 5.37. The number of aliphatic hydroxyl groups is 1. The van der Waals surface area contributed by atoms with Crippen LogP contribution in [0, 0.1) is 0 Å². The molecule has 0 aliphatic heterocycles. The summed E-state index contributed by atoms with van der Waals surface area (Å²) < 4.78 is 0. The first-order valence-corrected chi connectivity index (χ1v) is 8.37. The van der Waals surface area contributed by atoms with Crippen molar-refractivity contribution >= 4 is 40.2 Å². The molecule has 0 radical (unpaired) electrons. The first-order chi connectivity index (χ1) is 9.47. The van der Waals surface area contributed by atoms with Crippen LogP contribution in [0.4, 0.5) is 0 Å². The second kappa shape index (κ2) is 6.72. The van der Waals surface area contributed by atoms with Crippen LogP contribution in [0.15, 0.2) is 29.0 Å². The molecule has 6 heteroatoms. The van der Waals surface area contributed by atoms with Gasteiger partial charge in [0.1, 0.15) is 5.60 Å². The van der Waals surface area contributed by atoms with Gasteiger partial charge in [-0.3, -0.25) is 4.79 Å². The van der Waals surface area contributed by atoms with Gasteiger partial charge in [-0.25, -0.2) is 0 Å². The Hall–Kier alpha value is -0.880. The average molecular weight is 330 g/mol. The van der Waals surface area contributed by atoms with E-state index in [-0.39, 0.29) is 12.5 Å². The van der Waals surface area contributed by atoms with Crippen LogP contribution in [0.5, 0.6) is 0 Å². The van der Waals surface area contributed by atoms with E-state index in [1.54, 1.807) is 18.3 Å². The van der Waals surface area contributed by atoms with Gasteiger partial charge in [0.2, 0.25) is 5.91 Å². The van der Waals surface area contributed by atoms with Crippen LogP contribution in [0.1, 0.15) is 23.1 Å². The molecule has 2 N–H and O–H groups in total. The van der Waals surface area contributed by atoms with Crippen LogP contribution >= 0.6 is 34.3 Å². The summed E-state index contributed by atoms with van der Waals surface area (Å²) in [7, 11) is 0. The van der Waals surface area contributed by atoms with Gasteiger partial charge >= 0.3 is 0 Å². The van der Waals surface area contributed by atoms with Crippen LogP contribution in [0.2, 0.25) is 5.02 Å². The lowest BCUT2D eigenvalue weighted by Crippen LogP contribution is -2.38. The van der Waals surface area contributed by atoms with Crippen molar-refractivity contribution in [2.45, 2.75) is 25.4 Å². The second-order valence-electron chi connectivity index (χ2n) is 4.76. The number of rotatable bonds is 6. The zero-order valence-electron chi connectivity index (χ0n) is 11.1.